The molecule has 2 aromatic carbocycles. The first-order chi connectivity index (χ1) is 18.2. The van der Waals surface area contributed by atoms with E-state index >= 15 is 0 Å². The van der Waals surface area contributed by atoms with Gasteiger partial charge in [0, 0.05) is 74.2 Å². The molecule has 3 aliphatic heterocycles. The van der Waals surface area contributed by atoms with Crippen LogP contribution in [0.15, 0.2) is 42.5 Å². The summed E-state index contributed by atoms with van der Waals surface area (Å²) in [4.78, 5) is 50.1. The minimum absolute atomic E-state index is 0.0642. The number of piperazine rings is 1. The van der Waals surface area contributed by atoms with Crippen molar-refractivity contribution in [2.75, 3.05) is 39.3 Å². The fourth-order valence-corrected chi connectivity index (χ4v) is 6.42. The summed E-state index contributed by atoms with van der Waals surface area (Å²) in [6.45, 7) is 6.94. The van der Waals surface area contributed by atoms with Crippen LogP contribution in [0.1, 0.15) is 36.7 Å². The van der Waals surface area contributed by atoms with Crippen molar-refractivity contribution in [2.45, 2.75) is 31.8 Å². The predicted octanol–water partition coefficient (Wildman–Crippen LogP) is 3.36. The number of carbonyl (C=O) groups is 3. The van der Waals surface area contributed by atoms with Gasteiger partial charge in [0.15, 0.2) is 0 Å². The monoisotopic (exact) mass is 535 g/mol. The van der Waals surface area contributed by atoms with E-state index in [1.807, 2.05) is 36.1 Å². The molecule has 0 bridgehead atoms. The number of phenols is 1. The van der Waals surface area contributed by atoms with Crippen LogP contribution in [0.5, 0.6) is 5.75 Å². The number of amides is 4. The maximum atomic E-state index is 14.0. The van der Waals surface area contributed by atoms with Gasteiger partial charge in [-0.2, -0.15) is 0 Å². The van der Waals surface area contributed by atoms with Gasteiger partial charge in [-0.15, -0.1) is 0 Å². The van der Waals surface area contributed by atoms with Gasteiger partial charge in [-0.1, -0.05) is 23.7 Å². The molecule has 38 heavy (non-hydrogen) atoms. The number of urea groups is 1. The van der Waals surface area contributed by atoms with Crippen LogP contribution in [-0.2, 0) is 16.0 Å². The molecule has 0 saturated carbocycles. The zero-order valence-corrected chi connectivity index (χ0v) is 22.2. The highest BCUT2D eigenvalue weighted by atomic mass is 35.5. The van der Waals surface area contributed by atoms with E-state index < -0.39 is 11.6 Å². The third-order valence-electron chi connectivity index (χ3n) is 8.27. The summed E-state index contributed by atoms with van der Waals surface area (Å²) >= 11 is 6.34. The molecule has 9 nitrogen and oxygen atoms in total. The van der Waals surface area contributed by atoms with Crippen molar-refractivity contribution >= 4 is 40.3 Å². The standard InChI is InChI=1S/C28H30ClN5O4/c1-17(35)32-11-8-31(9-12-32)10-13-33-26(37)28(2)16-22-21-15-19(29)6-7-23(21)30-24(22)25(34(28)27(33)38)18-4-3-5-20(36)14-18/h3-7,14-15,25,30,36H,8-13,16H2,1-2H3/t25-,28+/m1/s1. The van der Waals surface area contributed by atoms with Gasteiger partial charge in [-0.3, -0.25) is 24.3 Å². The number of fused-ring (bicyclic) bond motifs is 4. The van der Waals surface area contributed by atoms with Crippen LogP contribution in [0, 0.1) is 0 Å². The van der Waals surface area contributed by atoms with Gasteiger partial charge in [-0.25, -0.2) is 4.79 Å². The second-order valence-corrected chi connectivity index (χ2v) is 11.0. The van der Waals surface area contributed by atoms with Crippen molar-refractivity contribution in [3.05, 3.63) is 64.3 Å². The van der Waals surface area contributed by atoms with Crippen LogP contribution >= 0.6 is 11.6 Å². The molecule has 0 unspecified atom stereocenters. The maximum absolute atomic E-state index is 14.0. The average Bonchev–Trinajstić information content (AvgIpc) is 3.33. The number of hydrogen-bond acceptors (Lipinski definition) is 5. The number of benzene rings is 2. The number of aromatic nitrogens is 1. The minimum Gasteiger partial charge on any atom is -0.508 e. The highest BCUT2D eigenvalue weighted by Gasteiger charge is 2.60. The number of rotatable bonds is 4. The lowest BCUT2D eigenvalue weighted by Crippen LogP contribution is -2.53. The molecule has 2 atom stereocenters. The number of halogens is 1. The Labute approximate surface area is 225 Å². The van der Waals surface area contributed by atoms with Crippen molar-refractivity contribution < 1.29 is 19.5 Å². The number of nitrogens with zero attached hydrogens (tertiary/aromatic N) is 4. The number of H-pyrrole nitrogens is 1. The third-order valence-corrected chi connectivity index (χ3v) is 8.51. The van der Waals surface area contributed by atoms with E-state index in [1.54, 1.807) is 30.0 Å². The van der Waals surface area contributed by atoms with Gasteiger partial charge in [-0.05, 0) is 48.4 Å². The predicted molar refractivity (Wildman–Crippen MR) is 143 cm³/mol. The zero-order valence-electron chi connectivity index (χ0n) is 21.4. The van der Waals surface area contributed by atoms with Crippen LogP contribution in [0.3, 0.4) is 0 Å². The Kier molecular flexibility index (Phi) is 5.88. The molecule has 3 aromatic rings. The molecule has 2 saturated heterocycles. The molecule has 4 amide bonds. The molecule has 0 radical (unpaired) electrons. The molecule has 3 aliphatic rings. The van der Waals surface area contributed by atoms with Crippen LogP contribution in [0.2, 0.25) is 5.02 Å². The fourth-order valence-electron chi connectivity index (χ4n) is 6.25. The van der Waals surface area contributed by atoms with Gasteiger partial charge in [0.1, 0.15) is 17.3 Å². The Morgan fingerprint density at radius 1 is 1.11 bits per heavy atom. The summed E-state index contributed by atoms with van der Waals surface area (Å²) in [5.41, 5.74) is 2.30. The Balaban J connectivity index is 1.35. The number of aromatic amines is 1. The molecule has 2 fully saturated rings. The highest BCUT2D eigenvalue weighted by molar-refractivity contribution is 6.31. The van der Waals surface area contributed by atoms with Gasteiger partial charge < -0.3 is 15.0 Å². The summed E-state index contributed by atoms with van der Waals surface area (Å²) in [5.74, 6) is -0.0681. The molecular weight excluding hydrogens is 506 g/mol. The quantitative estimate of drug-likeness (QED) is 0.499. The lowest BCUT2D eigenvalue weighted by Gasteiger charge is -2.42. The van der Waals surface area contributed by atoms with Gasteiger partial charge in [0.05, 0.1) is 0 Å². The van der Waals surface area contributed by atoms with E-state index in [4.69, 9.17) is 11.6 Å². The molecule has 0 aliphatic carbocycles. The van der Waals surface area contributed by atoms with E-state index in [-0.39, 0.29) is 30.1 Å². The van der Waals surface area contributed by atoms with Gasteiger partial charge in [0.25, 0.3) is 5.91 Å². The van der Waals surface area contributed by atoms with Crippen LogP contribution in [0.25, 0.3) is 10.9 Å². The van der Waals surface area contributed by atoms with Crippen molar-refractivity contribution in [3.8, 4) is 5.75 Å². The number of phenolic OH excluding ortho intramolecular Hbond substituents is 1. The Morgan fingerprint density at radius 3 is 2.58 bits per heavy atom. The molecule has 198 valence electrons. The lowest BCUT2D eigenvalue weighted by atomic mass is 9.81. The van der Waals surface area contributed by atoms with Crippen LogP contribution in [-0.4, -0.2) is 92.3 Å². The first-order valence-electron chi connectivity index (χ1n) is 12.9. The SMILES string of the molecule is CC(=O)N1CCN(CCN2C(=O)N3[C@H](c4cccc(O)c4)c4[nH]c5ccc(Cl)cc5c4C[C@@]3(C)C2=O)CC1. The smallest absolute Gasteiger partial charge is 0.328 e. The first kappa shape index (κ1) is 24.8. The highest BCUT2D eigenvalue weighted by Crippen LogP contribution is 2.49. The Bertz CT molecular complexity index is 1460. The van der Waals surface area contributed by atoms with Crippen LogP contribution < -0.4 is 0 Å². The first-order valence-corrected chi connectivity index (χ1v) is 13.3. The van der Waals surface area contributed by atoms with E-state index in [0.717, 1.165) is 27.7 Å². The summed E-state index contributed by atoms with van der Waals surface area (Å²) in [6, 6.07) is 11.5. The number of aromatic hydroxyl groups is 1. The number of nitrogens with one attached hydrogen (secondary N) is 1. The van der Waals surface area contributed by atoms with E-state index in [9.17, 15) is 19.5 Å². The van der Waals surface area contributed by atoms with Crippen molar-refractivity contribution in [1.29, 1.82) is 0 Å². The fraction of sp³-hybridized carbons (Fsp3) is 0.393. The number of imide groups is 1. The molecule has 1 aromatic heterocycles. The normalized spacial score (nSPS) is 23.8. The molecule has 2 N–H and O–H groups in total. The van der Waals surface area contributed by atoms with E-state index in [0.29, 0.717) is 44.2 Å². The largest absolute Gasteiger partial charge is 0.508 e. The topological polar surface area (TPSA) is 100 Å². The summed E-state index contributed by atoms with van der Waals surface area (Å²) in [5, 5.41) is 11.8. The Morgan fingerprint density at radius 2 is 1.87 bits per heavy atom. The molecule has 4 heterocycles. The zero-order chi connectivity index (χ0) is 26.8. The summed E-state index contributed by atoms with van der Waals surface area (Å²) in [6.07, 6.45) is 0.357. The van der Waals surface area contributed by atoms with E-state index in [2.05, 4.69) is 9.88 Å². The van der Waals surface area contributed by atoms with E-state index in [1.165, 1.54) is 4.90 Å². The maximum Gasteiger partial charge on any atom is 0.328 e. The molecule has 10 heteroatoms. The van der Waals surface area contributed by atoms with Crippen molar-refractivity contribution in [2.24, 2.45) is 0 Å². The summed E-state index contributed by atoms with van der Waals surface area (Å²) in [7, 11) is 0. The third kappa shape index (κ3) is 3.84. The number of hydrogen-bond donors (Lipinski definition) is 2. The van der Waals surface area contributed by atoms with Gasteiger partial charge >= 0.3 is 6.03 Å². The summed E-state index contributed by atoms with van der Waals surface area (Å²) < 4.78 is 0. The minimum atomic E-state index is -1.09. The van der Waals surface area contributed by atoms with Crippen molar-refractivity contribution in [1.82, 2.24) is 24.6 Å². The molecule has 6 rings (SSSR count). The van der Waals surface area contributed by atoms with Crippen molar-refractivity contribution in [3.63, 3.8) is 0 Å². The lowest BCUT2D eigenvalue weighted by molar-refractivity contribution is -0.133. The number of carbonyl (C=O) groups excluding carboxylic acids is 3. The second kappa shape index (κ2) is 9.03. The average molecular weight is 536 g/mol. The molecular formula is C28H30ClN5O4. The van der Waals surface area contributed by atoms with Crippen LogP contribution in [0.4, 0.5) is 4.79 Å². The second-order valence-electron chi connectivity index (χ2n) is 10.6. The van der Waals surface area contributed by atoms with Gasteiger partial charge in [0.2, 0.25) is 5.91 Å². The molecule has 0 spiro atoms. The Hall–Kier alpha value is -3.56.